The first-order chi connectivity index (χ1) is 17.9. The highest BCUT2D eigenvalue weighted by atomic mass is 32.2. The van der Waals surface area contributed by atoms with Crippen molar-refractivity contribution >= 4 is 27.5 Å². The number of likely N-dealkylation sites (N-methyl/N-ethyl adjacent to an activating group) is 1. The number of benzene rings is 3. The predicted molar refractivity (Wildman–Crippen MR) is 152 cm³/mol. The Kier molecular flexibility index (Phi) is 9.33. The predicted octanol–water partition coefficient (Wildman–Crippen LogP) is 4.67. The number of aryl methyl sites for hydroxylation is 4. The number of hydrogen-bond acceptors (Lipinski definition) is 4. The Morgan fingerprint density at radius 2 is 1.50 bits per heavy atom. The van der Waals surface area contributed by atoms with Crippen LogP contribution in [0.2, 0.25) is 0 Å². The van der Waals surface area contributed by atoms with Crippen molar-refractivity contribution in [2.45, 2.75) is 59.0 Å². The molecule has 202 valence electrons. The maximum absolute atomic E-state index is 13.9. The van der Waals surface area contributed by atoms with Gasteiger partial charge >= 0.3 is 0 Å². The minimum Gasteiger partial charge on any atom is -0.355 e. The molecular weight excluding hydrogens is 498 g/mol. The third kappa shape index (κ3) is 6.81. The number of carbonyl (C=O) groups is 2. The average Bonchev–Trinajstić information content (AvgIpc) is 2.86. The van der Waals surface area contributed by atoms with Crippen LogP contribution < -0.4 is 9.62 Å². The van der Waals surface area contributed by atoms with Crippen molar-refractivity contribution < 1.29 is 18.0 Å². The molecule has 0 aliphatic heterocycles. The lowest BCUT2D eigenvalue weighted by atomic mass is 10.1. The van der Waals surface area contributed by atoms with E-state index in [1.807, 2.05) is 71.0 Å². The third-order valence-corrected chi connectivity index (χ3v) is 8.24. The molecule has 1 N–H and O–H groups in total. The van der Waals surface area contributed by atoms with E-state index in [0.717, 1.165) is 32.1 Å². The summed E-state index contributed by atoms with van der Waals surface area (Å²) in [7, 11) is -4.09. The van der Waals surface area contributed by atoms with Crippen molar-refractivity contribution in [3.63, 3.8) is 0 Å². The molecule has 2 amide bonds. The van der Waals surface area contributed by atoms with Gasteiger partial charge in [0, 0.05) is 13.1 Å². The average molecular weight is 536 g/mol. The van der Waals surface area contributed by atoms with Crippen LogP contribution in [0.25, 0.3) is 0 Å². The molecule has 3 aromatic rings. The van der Waals surface area contributed by atoms with E-state index in [1.165, 1.54) is 4.90 Å². The van der Waals surface area contributed by atoms with Crippen molar-refractivity contribution in [2.75, 3.05) is 17.4 Å². The molecule has 7 nitrogen and oxygen atoms in total. The first-order valence-electron chi connectivity index (χ1n) is 12.7. The molecule has 0 saturated heterocycles. The minimum absolute atomic E-state index is 0.0953. The van der Waals surface area contributed by atoms with E-state index in [4.69, 9.17) is 0 Å². The van der Waals surface area contributed by atoms with Gasteiger partial charge in [-0.05, 0) is 70.9 Å². The van der Waals surface area contributed by atoms with Crippen molar-refractivity contribution in [3.8, 4) is 0 Å². The van der Waals surface area contributed by atoms with Gasteiger partial charge < -0.3 is 10.2 Å². The number of rotatable bonds is 10. The summed E-state index contributed by atoms with van der Waals surface area (Å²) in [5, 5.41) is 2.77. The van der Waals surface area contributed by atoms with E-state index in [1.54, 1.807) is 37.3 Å². The van der Waals surface area contributed by atoms with Crippen LogP contribution in [0.15, 0.2) is 71.6 Å². The zero-order valence-electron chi connectivity index (χ0n) is 23.0. The summed E-state index contributed by atoms with van der Waals surface area (Å²) in [6.45, 7) is 11.2. The van der Waals surface area contributed by atoms with E-state index < -0.39 is 28.5 Å². The summed E-state index contributed by atoms with van der Waals surface area (Å²) in [4.78, 5) is 28.3. The van der Waals surface area contributed by atoms with Gasteiger partial charge in [0.25, 0.3) is 10.0 Å². The maximum Gasteiger partial charge on any atom is 0.264 e. The number of carbonyl (C=O) groups excluding carboxylic acids is 2. The highest BCUT2D eigenvalue weighted by Gasteiger charge is 2.33. The Bertz CT molecular complexity index is 1400. The molecule has 0 aliphatic carbocycles. The minimum atomic E-state index is -4.09. The largest absolute Gasteiger partial charge is 0.355 e. The molecule has 0 fully saturated rings. The Balaban J connectivity index is 2.07. The molecule has 8 heteroatoms. The molecule has 0 aliphatic rings. The molecule has 1 atom stereocenters. The van der Waals surface area contributed by atoms with Gasteiger partial charge in [0.1, 0.15) is 12.6 Å². The van der Waals surface area contributed by atoms with Gasteiger partial charge in [0.15, 0.2) is 0 Å². The molecule has 0 saturated carbocycles. The first-order valence-corrected chi connectivity index (χ1v) is 14.2. The molecule has 38 heavy (non-hydrogen) atoms. The van der Waals surface area contributed by atoms with Crippen LogP contribution in [0.5, 0.6) is 0 Å². The SMILES string of the molecule is CCNC(=O)[C@H](C)N(Cc1cccc(C)c1)C(=O)CN(c1ccc(C)cc1C)S(=O)(=O)c1ccc(C)cc1. The van der Waals surface area contributed by atoms with Gasteiger partial charge in [-0.3, -0.25) is 13.9 Å². The molecule has 0 spiro atoms. The Morgan fingerprint density at radius 1 is 0.868 bits per heavy atom. The molecule has 0 aromatic heterocycles. The standard InChI is InChI=1S/C30H37N3O4S/c1-7-31-30(35)25(6)32(19-26-10-8-9-22(3)18-26)29(34)20-33(28-16-13-23(4)17-24(28)5)38(36,37)27-14-11-21(2)12-15-27/h8-18,25H,7,19-20H2,1-6H3,(H,31,35)/t25-/m0/s1. The van der Waals surface area contributed by atoms with E-state index in [0.29, 0.717) is 12.2 Å². The zero-order chi connectivity index (χ0) is 28.0. The summed E-state index contributed by atoms with van der Waals surface area (Å²) >= 11 is 0. The topological polar surface area (TPSA) is 86.8 Å². The van der Waals surface area contributed by atoms with Crippen LogP contribution in [0, 0.1) is 27.7 Å². The second-order valence-electron chi connectivity index (χ2n) is 9.70. The van der Waals surface area contributed by atoms with E-state index in [2.05, 4.69) is 5.32 Å². The van der Waals surface area contributed by atoms with E-state index in [-0.39, 0.29) is 17.3 Å². The highest BCUT2D eigenvalue weighted by molar-refractivity contribution is 7.92. The van der Waals surface area contributed by atoms with Crippen molar-refractivity contribution in [2.24, 2.45) is 0 Å². The number of nitrogens with zero attached hydrogens (tertiary/aromatic N) is 2. The van der Waals surface area contributed by atoms with Gasteiger partial charge in [-0.1, -0.05) is 65.2 Å². The summed E-state index contributed by atoms with van der Waals surface area (Å²) in [5.41, 5.74) is 4.95. The van der Waals surface area contributed by atoms with Crippen molar-refractivity contribution in [1.82, 2.24) is 10.2 Å². The van der Waals surface area contributed by atoms with Crippen LogP contribution in [0.1, 0.15) is 41.7 Å². The second kappa shape index (κ2) is 12.3. The number of nitrogens with one attached hydrogen (secondary N) is 1. The number of hydrogen-bond donors (Lipinski definition) is 1. The van der Waals surface area contributed by atoms with Crippen molar-refractivity contribution in [1.29, 1.82) is 0 Å². The van der Waals surface area contributed by atoms with E-state index >= 15 is 0 Å². The number of anilines is 1. The molecular formula is C30H37N3O4S. The monoisotopic (exact) mass is 535 g/mol. The van der Waals surface area contributed by atoms with Crippen LogP contribution in [-0.2, 0) is 26.2 Å². The Hall–Kier alpha value is -3.65. The molecule has 3 rings (SSSR count). The van der Waals surface area contributed by atoms with Crippen LogP contribution >= 0.6 is 0 Å². The fourth-order valence-corrected chi connectivity index (χ4v) is 5.83. The Labute approximate surface area is 226 Å². The molecule has 0 unspecified atom stereocenters. The van der Waals surface area contributed by atoms with Gasteiger partial charge in [-0.15, -0.1) is 0 Å². The lowest BCUT2D eigenvalue weighted by molar-refractivity contribution is -0.139. The molecule has 0 heterocycles. The van der Waals surface area contributed by atoms with Gasteiger partial charge in [-0.2, -0.15) is 0 Å². The van der Waals surface area contributed by atoms with Crippen LogP contribution in [-0.4, -0.2) is 44.3 Å². The molecule has 0 radical (unpaired) electrons. The summed E-state index contributed by atoms with van der Waals surface area (Å²) < 4.78 is 29.0. The Morgan fingerprint density at radius 3 is 2.11 bits per heavy atom. The van der Waals surface area contributed by atoms with E-state index in [9.17, 15) is 18.0 Å². The van der Waals surface area contributed by atoms with Gasteiger partial charge in [0.2, 0.25) is 11.8 Å². The van der Waals surface area contributed by atoms with Gasteiger partial charge in [-0.25, -0.2) is 8.42 Å². The highest BCUT2D eigenvalue weighted by Crippen LogP contribution is 2.28. The summed E-state index contributed by atoms with van der Waals surface area (Å²) in [6, 6.07) is 18.9. The van der Waals surface area contributed by atoms with Crippen LogP contribution in [0.4, 0.5) is 5.69 Å². The van der Waals surface area contributed by atoms with Gasteiger partial charge in [0.05, 0.1) is 10.6 Å². The zero-order valence-corrected chi connectivity index (χ0v) is 23.8. The normalized spacial score (nSPS) is 12.1. The molecule has 0 bridgehead atoms. The van der Waals surface area contributed by atoms with Crippen molar-refractivity contribution in [3.05, 3.63) is 94.5 Å². The number of amides is 2. The lowest BCUT2D eigenvalue weighted by Crippen LogP contribution is -2.51. The fraction of sp³-hybridized carbons (Fsp3) is 0.333. The lowest BCUT2D eigenvalue weighted by Gasteiger charge is -2.32. The summed E-state index contributed by atoms with van der Waals surface area (Å²) in [5.74, 6) is -0.770. The quantitative estimate of drug-likeness (QED) is 0.409. The van der Waals surface area contributed by atoms with Crippen LogP contribution in [0.3, 0.4) is 0 Å². The third-order valence-electron chi connectivity index (χ3n) is 6.46. The summed E-state index contributed by atoms with van der Waals surface area (Å²) in [6.07, 6.45) is 0. The first kappa shape index (κ1) is 28.9. The fourth-order valence-electron chi connectivity index (χ4n) is 4.35. The smallest absolute Gasteiger partial charge is 0.264 e. The number of sulfonamides is 1. The maximum atomic E-state index is 13.9. The molecule has 3 aromatic carbocycles. The second-order valence-corrected chi connectivity index (χ2v) is 11.6.